The van der Waals surface area contributed by atoms with E-state index in [1.165, 1.54) is 29.5 Å². The minimum absolute atomic E-state index is 0.166. The first-order valence-corrected chi connectivity index (χ1v) is 7.77. The Morgan fingerprint density at radius 2 is 2.19 bits per heavy atom. The SMILES string of the molecule is CC(C)Nc1nc(N)c(C(=O)Nc2ccc(F)cc2Br)s1. The van der Waals surface area contributed by atoms with Gasteiger partial charge in [-0.15, -0.1) is 0 Å². The van der Waals surface area contributed by atoms with Crippen LogP contribution in [0, 0.1) is 5.82 Å². The van der Waals surface area contributed by atoms with Crippen molar-refractivity contribution < 1.29 is 9.18 Å². The van der Waals surface area contributed by atoms with E-state index in [1.807, 2.05) is 13.8 Å². The topological polar surface area (TPSA) is 80.0 Å². The second-order valence-corrected chi connectivity index (χ2v) is 6.46. The van der Waals surface area contributed by atoms with E-state index in [1.54, 1.807) is 0 Å². The number of nitrogens with one attached hydrogen (secondary N) is 2. The monoisotopic (exact) mass is 372 g/mol. The third kappa shape index (κ3) is 3.92. The number of hydrogen-bond acceptors (Lipinski definition) is 5. The summed E-state index contributed by atoms with van der Waals surface area (Å²) < 4.78 is 13.5. The molecule has 0 atom stereocenters. The lowest BCUT2D eigenvalue weighted by molar-refractivity contribution is 0.103. The highest BCUT2D eigenvalue weighted by Gasteiger charge is 2.17. The predicted octanol–water partition coefficient (Wildman–Crippen LogP) is 3.70. The van der Waals surface area contributed by atoms with Crippen molar-refractivity contribution in [3.05, 3.63) is 33.4 Å². The fourth-order valence-corrected chi connectivity index (χ4v) is 2.95. The molecule has 0 aliphatic rings. The number of aromatic nitrogens is 1. The summed E-state index contributed by atoms with van der Waals surface area (Å²) in [6, 6.07) is 4.21. The molecule has 0 saturated heterocycles. The molecule has 0 spiro atoms. The van der Waals surface area contributed by atoms with Crippen molar-refractivity contribution in [2.24, 2.45) is 0 Å². The molecule has 0 fully saturated rings. The first kappa shape index (κ1) is 15.7. The van der Waals surface area contributed by atoms with Crippen LogP contribution in [0.15, 0.2) is 22.7 Å². The molecule has 0 saturated carbocycles. The van der Waals surface area contributed by atoms with Gasteiger partial charge in [0.2, 0.25) is 0 Å². The van der Waals surface area contributed by atoms with Crippen LogP contribution in [0.25, 0.3) is 0 Å². The molecule has 2 rings (SSSR count). The molecular weight excluding hydrogens is 359 g/mol. The maximum atomic E-state index is 13.0. The minimum Gasteiger partial charge on any atom is -0.382 e. The summed E-state index contributed by atoms with van der Waals surface area (Å²) in [4.78, 5) is 16.6. The lowest BCUT2D eigenvalue weighted by Crippen LogP contribution is -2.12. The Labute approximate surface area is 133 Å². The quantitative estimate of drug-likeness (QED) is 0.764. The zero-order valence-corrected chi connectivity index (χ0v) is 13.8. The number of nitrogens with two attached hydrogens (primary N) is 1. The molecule has 4 N–H and O–H groups in total. The molecule has 21 heavy (non-hydrogen) atoms. The molecule has 0 radical (unpaired) electrons. The van der Waals surface area contributed by atoms with Gasteiger partial charge in [0, 0.05) is 10.5 Å². The van der Waals surface area contributed by atoms with Gasteiger partial charge in [-0.05, 0) is 48.0 Å². The Kier molecular flexibility index (Phi) is 4.79. The average molecular weight is 373 g/mol. The van der Waals surface area contributed by atoms with Gasteiger partial charge in [0.25, 0.3) is 5.91 Å². The Balaban J connectivity index is 2.18. The largest absolute Gasteiger partial charge is 0.382 e. The number of thiazole rings is 1. The number of carbonyl (C=O) groups is 1. The van der Waals surface area contributed by atoms with Gasteiger partial charge in [0.15, 0.2) is 5.13 Å². The van der Waals surface area contributed by atoms with Gasteiger partial charge in [-0.3, -0.25) is 4.79 Å². The highest BCUT2D eigenvalue weighted by molar-refractivity contribution is 9.10. The number of rotatable bonds is 4. The van der Waals surface area contributed by atoms with Gasteiger partial charge >= 0.3 is 0 Å². The van der Waals surface area contributed by atoms with Crippen LogP contribution in [0.4, 0.5) is 21.0 Å². The Morgan fingerprint density at radius 1 is 1.48 bits per heavy atom. The number of nitrogens with zero attached hydrogens (tertiary/aromatic N) is 1. The summed E-state index contributed by atoms with van der Waals surface area (Å²) in [5.74, 6) is -0.603. The van der Waals surface area contributed by atoms with Crippen LogP contribution in [-0.4, -0.2) is 16.9 Å². The molecule has 112 valence electrons. The van der Waals surface area contributed by atoms with E-state index >= 15 is 0 Å². The zero-order chi connectivity index (χ0) is 15.6. The van der Waals surface area contributed by atoms with Crippen LogP contribution in [0.5, 0.6) is 0 Å². The van der Waals surface area contributed by atoms with E-state index in [9.17, 15) is 9.18 Å². The lowest BCUT2D eigenvalue weighted by Gasteiger charge is -2.06. The Hall–Kier alpha value is -1.67. The van der Waals surface area contributed by atoms with Gasteiger partial charge in [-0.2, -0.15) is 0 Å². The number of halogens is 2. The molecule has 0 bridgehead atoms. The number of benzene rings is 1. The number of nitrogen functional groups attached to an aromatic ring is 1. The van der Waals surface area contributed by atoms with E-state index < -0.39 is 0 Å². The number of anilines is 3. The molecule has 5 nitrogen and oxygen atoms in total. The van der Waals surface area contributed by atoms with Crippen molar-refractivity contribution in [2.75, 3.05) is 16.4 Å². The minimum atomic E-state index is -0.388. The van der Waals surface area contributed by atoms with Crippen LogP contribution < -0.4 is 16.4 Å². The predicted molar refractivity (Wildman–Crippen MR) is 87.3 cm³/mol. The molecule has 2 aromatic rings. The molecule has 0 aliphatic heterocycles. The van der Waals surface area contributed by atoms with Crippen molar-refractivity contribution in [1.82, 2.24) is 4.98 Å². The third-order valence-corrected chi connectivity index (χ3v) is 4.11. The first-order chi connectivity index (χ1) is 9.86. The second-order valence-electron chi connectivity index (χ2n) is 4.61. The molecule has 0 unspecified atom stereocenters. The first-order valence-electron chi connectivity index (χ1n) is 6.16. The van der Waals surface area contributed by atoms with E-state index in [4.69, 9.17) is 5.73 Å². The molecule has 0 aliphatic carbocycles. The Bertz CT molecular complexity index is 674. The number of carbonyl (C=O) groups excluding carboxylic acids is 1. The smallest absolute Gasteiger partial charge is 0.269 e. The number of amides is 1. The fraction of sp³-hybridized carbons (Fsp3) is 0.231. The lowest BCUT2D eigenvalue weighted by atomic mass is 10.3. The standard InChI is InChI=1S/C13H14BrFN4OS/c1-6(2)17-13-19-11(16)10(21-13)12(20)18-9-4-3-7(15)5-8(9)14/h3-6H,16H2,1-2H3,(H,17,19)(H,18,20). The number of hydrogen-bond donors (Lipinski definition) is 3. The summed E-state index contributed by atoms with van der Waals surface area (Å²) >= 11 is 4.37. The molecule has 8 heteroatoms. The van der Waals surface area contributed by atoms with E-state index in [0.717, 1.165) is 0 Å². The fourth-order valence-electron chi connectivity index (χ4n) is 1.57. The van der Waals surface area contributed by atoms with Crippen molar-refractivity contribution in [3.8, 4) is 0 Å². The molecule has 1 amide bonds. The second kappa shape index (κ2) is 6.40. The van der Waals surface area contributed by atoms with Gasteiger partial charge in [-0.1, -0.05) is 11.3 Å². The van der Waals surface area contributed by atoms with Crippen LogP contribution in [0.1, 0.15) is 23.5 Å². The van der Waals surface area contributed by atoms with Gasteiger partial charge < -0.3 is 16.4 Å². The summed E-state index contributed by atoms with van der Waals surface area (Å²) in [6.45, 7) is 3.93. The summed E-state index contributed by atoms with van der Waals surface area (Å²) in [5.41, 5.74) is 6.23. The van der Waals surface area contributed by atoms with Crippen LogP contribution >= 0.6 is 27.3 Å². The van der Waals surface area contributed by atoms with Crippen molar-refractivity contribution >= 4 is 49.8 Å². The van der Waals surface area contributed by atoms with E-state index in [2.05, 4.69) is 31.5 Å². The van der Waals surface area contributed by atoms with E-state index in [-0.39, 0.29) is 23.6 Å². The van der Waals surface area contributed by atoms with Gasteiger partial charge in [0.05, 0.1) is 5.69 Å². The Morgan fingerprint density at radius 3 is 2.81 bits per heavy atom. The summed E-state index contributed by atoms with van der Waals surface area (Å²) in [6.07, 6.45) is 0. The van der Waals surface area contributed by atoms with Crippen molar-refractivity contribution in [1.29, 1.82) is 0 Å². The van der Waals surface area contributed by atoms with Crippen LogP contribution in [0.2, 0.25) is 0 Å². The maximum Gasteiger partial charge on any atom is 0.269 e. The summed E-state index contributed by atoms with van der Waals surface area (Å²) in [7, 11) is 0. The highest BCUT2D eigenvalue weighted by atomic mass is 79.9. The molecule has 1 aromatic carbocycles. The van der Waals surface area contributed by atoms with Crippen molar-refractivity contribution in [3.63, 3.8) is 0 Å². The highest BCUT2D eigenvalue weighted by Crippen LogP contribution is 2.28. The van der Waals surface area contributed by atoms with E-state index in [0.29, 0.717) is 20.2 Å². The van der Waals surface area contributed by atoms with Crippen LogP contribution in [-0.2, 0) is 0 Å². The zero-order valence-electron chi connectivity index (χ0n) is 11.4. The average Bonchev–Trinajstić information content (AvgIpc) is 2.72. The maximum absolute atomic E-state index is 13.0. The van der Waals surface area contributed by atoms with Crippen LogP contribution in [0.3, 0.4) is 0 Å². The van der Waals surface area contributed by atoms with Crippen molar-refractivity contribution in [2.45, 2.75) is 19.9 Å². The summed E-state index contributed by atoms with van der Waals surface area (Å²) in [5, 5.41) is 6.35. The van der Waals surface area contributed by atoms with Gasteiger partial charge in [0.1, 0.15) is 16.5 Å². The molecule has 1 aromatic heterocycles. The third-order valence-electron chi connectivity index (χ3n) is 2.45. The molecular formula is C13H14BrFN4OS. The normalized spacial score (nSPS) is 10.7. The molecule has 1 heterocycles. The van der Waals surface area contributed by atoms with Gasteiger partial charge in [-0.25, -0.2) is 9.37 Å².